The Balaban J connectivity index is 1.68. The van der Waals surface area contributed by atoms with Gasteiger partial charge in [0, 0.05) is 44.2 Å². The van der Waals surface area contributed by atoms with Gasteiger partial charge in [-0.15, -0.1) is 11.3 Å². The quantitative estimate of drug-likeness (QED) is 0.767. The number of ether oxygens (including phenoxy) is 1. The van der Waals surface area contributed by atoms with Crippen molar-refractivity contribution in [2.24, 2.45) is 0 Å². The first-order valence-electron chi connectivity index (χ1n) is 7.84. The molecule has 1 aromatic rings. The molecule has 1 aromatic heterocycles. The van der Waals surface area contributed by atoms with E-state index in [0.717, 1.165) is 56.5 Å². The van der Waals surface area contributed by atoms with Gasteiger partial charge in [-0.3, -0.25) is 14.6 Å². The predicted octanol–water partition coefficient (Wildman–Crippen LogP) is 1.35. The zero-order valence-electron chi connectivity index (χ0n) is 13.7. The lowest BCUT2D eigenvalue weighted by Crippen LogP contribution is -2.49. The minimum absolute atomic E-state index is 0.0246. The summed E-state index contributed by atoms with van der Waals surface area (Å²) in [5.41, 5.74) is 0.989. The Morgan fingerprint density at radius 2 is 1.95 bits per heavy atom. The molecule has 1 saturated heterocycles. The van der Waals surface area contributed by atoms with E-state index in [1.165, 1.54) is 11.3 Å². The van der Waals surface area contributed by atoms with Crippen LogP contribution in [0.2, 0.25) is 0 Å². The van der Waals surface area contributed by atoms with E-state index >= 15 is 0 Å². The first-order chi connectivity index (χ1) is 10.6. The van der Waals surface area contributed by atoms with E-state index in [1.54, 1.807) is 0 Å². The number of carbonyl (C=O) groups excluding carboxylic acids is 1. The number of hydrogen-bond donors (Lipinski definition) is 1. The largest absolute Gasteiger partial charge is 0.380 e. The fourth-order valence-electron chi connectivity index (χ4n) is 2.40. The molecule has 0 aliphatic carbocycles. The van der Waals surface area contributed by atoms with Crippen LogP contribution in [-0.4, -0.2) is 73.2 Å². The molecule has 0 aromatic carbocycles. The Morgan fingerprint density at radius 1 is 1.27 bits per heavy atom. The lowest BCUT2D eigenvalue weighted by molar-refractivity contribution is -0.117. The highest BCUT2D eigenvalue weighted by molar-refractivity contribution is 7.15. The maximum absolute atomic E-state index is 12.1. The zero-order valence-corrected chi connectivity index (χ0v) is 14.5. The summed E-state index contributed by atoms with van der Waals surface area (Å²) >= 11 is 1.53. The molecule has 1 aliphatic rings. The van der Waals surface area contributed by atoms with Crippen LogP contribution in [0.5, 0.6) is 0 Å². The van der Waals surface area contributed by atoms with Crippen LogP contribution < -0.4 is 5.32 Å². The monoisotopic (exact) mass is 326 g/mol. The van der Waals surface area contributed by atoms with Crippen LogP contribution in [0.15, 0.2) is 0 Å². The van der Waals surface area contributed by atoms with Crippen molar-refractivity contribution >= 4 is 22.4 Å². The van der Waals surface area contributed by atoms with Gasteiger partial charge in [-0.2, -0.15) is 0 Å². The first kappa shape index (κ1) is 17.3. The van der Waals surface area contributed by atoms with Crippen molar-refractivity contribution in [1.82, 2.24) is 14.8 Å². The van der Waals surface area contributed by atoms with Gasteiger partial charge in [0.2, 0.25) is 5.91 Å². The van der Waals surface area contributed by atoms with E-state index in [1.807, 2.05) is 20.8 Å². The average molecular weight is 326 g/mol. The second-order valence-electron chi connectivity index (χ2n) is 5.52. The maximum atomic E-state index is 12.1. The Kier molecular flexibility index (Phi) is 6.75. The molecule has 0 radical (unpaired) electrons. The number of carbonyl (C=O) groups is 1. The lowest BCUT2D eigenvalue weighted by Gasteiger charge is -2.34. The highest BCUT2D eigenvalue weighted by Crippen LogP contribution is 2.20. The molecule has 124 valence electrons. The smallest absolute Gasteiger partial charge is 0.240 e. The van der Waals surface area contributed by atoms with Crippen LogP contribution in [0.4, 0.5) is 5.13 Å². The van der Waals surface area contributed by atoms with E-state index in [9.17, 15) is 4.79 Å². The summed E-state index contributed by atoms with van der Waals surface area (Å²) in [5, 5.41) is 3.60. The summed E-state index contributed by atoms with van der Waals surface area (Å²) in [6.07, 6.45) is 0. The van der Waals surface area contributed by atoms with E-state index in [-0.39, 0.29) is 5.91 Å². The molecule has 1 aliphatic heterocycles. The fraction of sp³-hybridized carbons (Fsp3) is 0.733. The summed E-state index contributed by atoms with van der Waals surface area (Å²) < 4.78 is 5.38. The van der Waals surface area contributed by atoms with Gasteiger partial charge in [0.25, 0.3) is 0 Å². The Labute approximate surface area is 136 Å². The Hall–Kier alpha value is -1.02. The van der Waals surface area contributed by atoms with Crippen molar-refractivity contribution in [3.63, 3.8) is 0 Å². The number of aromatic nitrogens is 1. The van der Waals surface area contributed by atoms with Crippen LogP contribution in [0, 0.1) is 13.8 Å². The van der Waals surface area contributed by atoms with Crippen molar-refractivity contribution in [3.05, 3.63) is 10.6 Å². The van der Waals surface area contributed by atoms with Crippen LogP contribution in [0.1, 0.15) is 17.5 Å². The van der Waals surface area contributed by atoms with Gasteiger partial charge in [0.05, 0.1) is 18.8 Å². The maximum Gasteiger partial charge on any atom is 0.240 e. The third kappa shape index (κ3) is 5.31. The van der Waals surface area contributed by atoms with Gasteiger partial charge < -0.3 is 10.1 Å². The van der Waals surface area contributed by atoms with Crippen LogP contribution in [-0.2, 0) is 9.53 Å². The van der Waals surface area contributed by atoms with E-state index in [2.05, 4.69) is 20.1 Å². The van der Waals surface area contributed by atoms with Gasteiger partial charge in [0.1, 0.15) is 0 Å². The SMILES string of the molecule is CCOCCN1CCN(CC(=O)Nc2nc(C)c(C)s2)CC1. The van der Waals surface area contributed by atoms with Crippen molar-refractivity contribution in [2.75, 3.05) is 57.8 Å². The second-order valence-corrected chi connectivity index (χ2v) is 6.73. The Morgan fingerprint density at radius 3 is 2.55 bits per heavy atom. The number of amides is 1. The number of piperazine rings is 1. The van der Waals surface area contributed by atoms with Crippen molar-refractivity contribution in [3.8, 4) is 0 Å². The molecule has 1 amide bonds. The van der Waals surface area contributed by atoms with Crippen LogP contribution >= 0.6 is 11.3 Å². The second kappa shape index (κ2) is 8.57. The molecule has 0 spiro atoms. The molecule has 0 saturated carbocycles. The van der Waals surface area contributed by atoms with E-state index in [4.69, 9.17) is 4.74 Å². The molecule has 22 heavy (non-hydrogen) atoms. The number of aryl methyl sites for hydroxylation is 2. The zero-order chi connectivity index (χ0) is 15.9. The summed E-state index contributed by atoms with van der Waals surface area (Å²) in [7, 11) is 0. The Bertz CT molecular complexity index is 464. The van der Waals surface area contributed by atoms with Crippen LogP contribution in [0.25, 0.3) is 0 Å². The lowest BCUT2D eigenvalue weighted by atomic mass is 10.3. The van der Waals surface area contributed by atoms with Crippen molar-refractivity contribution < 1.29 is 9.53 Å². The molecule has 7 heteroatoms. The number of nitrogens with one attached hydrogen (secondary N) is 1. The van der Waals surface area contributed by atoms with Gasteiger partial charge in [-0.05, 0) is 20.8 Å². The highest BCUT2D eigenvalue weighted by atomic mass is 32.1. The van der Waals surface area contributed by atoms with E-state index in [0.29, 0.717) is 11.7 Å². The number of rotatable bonds is 7. The van der Waals surface area contributed by atoms with Gasteiger partial charge in [0.15, 0.2) is 5.13 Å². The molecule has 0 atom stereocenters. The topological polar surface area (TPSA) is 57.7 Å². The van der Waals surface area contributed by atoms with Crippen LogP contribution in [0.3, 0.4) is 0 Å². The molecular weight excluding hydrogens is 300 g/mol. The summed E-state index contributed by atoms with van der Waals surface area (Å²) in [6.45, 7) is 12.8. The first-order valence-corrected chi connectivity index (χ1v) is 8.66. The fourth-order valence-corrected chi connectivity index (χ4v) is 3.23. The molecule has 1 fully saturated rings. The molecule has 2 rings (SSSR count). The molecule has 1 N–H and O–H groups in total. The number of hydrogen-bond acceptors (Lipinski definition) is 6. The third-order valence-corrected chi connectivity index (χ3v) is 4.85. The number of anilines is 1. The molecule has 6 nitrogen and oxygen atoms in total. The predicted molar refractivity (Wildman–Crippen MR) is 89.6 cm³/mol. The summed E-state index contributed by atoms with van der Waals surface area (Å²) in [4.78, 5) is 22.1. The molecule has 0 bridgehead atoms. The standard InChI is InChI=1S/C15H26N4O2S/c1-4-21-10-9-18-5-7-19(8-6-18)11-14(20)17-15-16-12(2)13(3)22-15/h4-11H2,1-3H3,(H,16,17,20). The molecular formula is C15H26N4O2S. The van der Waals surface area contributed by atoms with Gasteiger partial charge >= 0.3 is 0 Å². The average Bonchev–Trinajstić information content (AvgIpc) is 2.79. The van der Waals surface area contributed by atoms with Crippen molar-refractivity contribution in [1.29, 1.82) is 0 Å². The molecule has 2 heterocycles. The third-order valence-electron chi connectivity index (χ3n) is 3.86. The van der Waals surface area contributed by atoms with Gasteiger partial charge in [-0.25, -0.2) is 4.98 Å². The van der Waals surface area contributed by atoms with Gasteiger partial charge in [-0.1, -0.05) is 0 Å². The minimum atomic E-state index is 0.0246. The highest BCUT2D eigenvalue weighted by Gasteiger charge is 2.19. The van der Waals surface area contributed by atoms with E-state index < -0.39 is 0 Å². The summed E-state index contributed by atoms with van der Waals surface area (Å²) in [5.74, 6) is 0.0246. The molecule has 0 unspecified atom stereocenters. The summed E-state index contributed by atoms with van der Waals surface area (Å²) in [6, 6.07) is 0. The van der Waals surface area contributed by atoms with Crippen molar-refractivity contribution in [2.45, 2.75) is 20.8 Å². The number of thiazole rings is 1. The minimum Gasteiger partial charge on any atom is -0.380 e. The number of nitrogens with zero attached hydrogens (tertiary/aromatic N) is 3. The normalized spacial score (nSPS) is 16.9.